The number of nitrogens with one attached hydrogen (secondary N) is 1. The topological polar surface area (TPSA) is 38.3 Å². The Morgan fingerprint density at radius 3 is 2.33 bits per heavy atom. The average Bonchev–Trinajstić information content (AvgIpc) is 2.36. The van der Waals surface area contributed by atoms with Crippen molar-refractivity contribution in [3.05, 3.63) is 29.8 Å². The Morgan fingerprint density at radius 2 is 1.83 bits per heavy atom. The summed E-state index contributed by atoms with van der Waals surface area (Å²) in [5, 5.41) is 3.01. The van der Waals surface area contributed by atoms with Crippen molar-refractivity contribution in [2.24, 2.45) is 5.92 Å². The van der Waals surface area contributed by atoms with Crippen LogP contribution >= 0.6 is 0 Å². The van der Waals surface area contributed by atoms with Crippen LogP contribution < -0.4 is 10.1 Å². The van der Waals surface area contributed by atoms with E-state index in [1.54, 1.807) is 7.11 Å². The second-order valence-corrected chi connectivity index (χ2v) is 4.95. The molecule has 1 unspecified atom stereocenters. The Morgan fingerprint density at radius 1 is 1.22 bits per heavy atom. The molecule has 0 saturated heterocycles. The van der Waals surface area contributed by atoms with Crippen LogP contribution in [0.5, 0.6) is 5.75 Å². The number of rotatable bonds is 6. The van der Waals surface area contributed by atoms with E-state index in [0.717, 1.165) is 17.7 Å². The van der Waals surface area contributed by atoms with E-state index in [-0.39, 0.29) is 11.9 Å². The molecule has 0 spiro atoms. The van der Waals surface area contributed by atoms with Crippen LogP contribution in [-0.4, -0.2) is 19.1 Å². The van der Waals surface area contributed by atoms with Crippen molar-refractivity contribution in [1.82, 2.24) is 5.32 Å². The van der Waals surface area contributed by atoms with Gasteiger partial charge in [0, 0.05) is 12.5 Å². The van der Waals surface area contributed by atoms with Gasteiger partial charge in [0.2, 0.25) is 5.91 Å². The summed E-state index contributed by atoms with van der Waals surface area (Å²) in [6, 6.07) is 8.07. The molecule has 1 rings (SSSR count). The first-order chi connectivity index (χ1) is 8.52. The second-order valence-electron chi connectivity index (χ2n) is 4.95. The molecular weight excluding hydrogens is 226 g/mol. The normalized spacial score (nSPS) is 12.3. The van der Waals surface area contributed by atoms with Crippen molar-refractivity contribution in [2.45, 2.75) is 39.7 Å². The highest BCUT2D eigenvalue weighted by molar-refractivity contribution is 5.76. The first kappa shape index (κ1) is 14.6. The highest BCUT2D eigenvalue weighted by Crippen LogP contribution is 2.12. The molecule has 0 heterocycles. The predicted molar refractivity (Wildman–Crippen MR) is 73.8 cm³/mol. The molecule has 0 aliphatic rings. The summed E-state index contributed by atoms with van der Waals surface area (Å²) in [7, 11) is 1.65. The molecule has 1 N–H and O–H groups in total. The van der Waals surface area contributed by atoms with Crippen molar-refractivity contribution in [2.75, 3.05) is 7.11 Å². The van der Waals surface area contributed by atoms with E-state index >= 15 is 0 Å². The smallest absolute Gasteiger partial charge is 0.220 e. The zero-order chi connectivity index (χ0) is 13.5. The van der Waals surface area contributed by atoms with Crippen molar-refractivity contribution >= 4 is 5.91 Å². The summed E-state index contributed by atoms with van der Waals surface area (Å²) in [5.74, 6) is 1.43. The van der Waals surface area contributed by atoms with Crippen LogP contribution in [0.3, 0.4) is 0 Å². The molecule has 1 amide bonds. The van der Waals surface area contributed by atoms with Gasteiger partial charge in [-0.25, -0.2) is 0 Å². The van der Waals surface area contributed by atoms with E-state index in [9.17, 15) is 4.79 Å². The third-order valence-corrected chi connectivity index (χ3v) is 3.19. The molecule has 3 nitrogen and oxygen atoms in total. The maximum atomic E-state index is 11.7. The van der Waals surface area contributed by atoms with Crippen molar-refractivity contribution in [3.8, 4) is 5.75 Å². The lowest BCUT2D eigenvalue weighted by molar-refractivity contribution is -0.121. The SMILES string of the molecule is COc1ccc(CCC(=O)NC(C)C(C)C)cc1. The number of carbonyl (C=O) groups is 1. The summed E-state index contributed by atoms with van der Waals surface area (Å²) in [5.41, 5.74) is 1.16. The summed E-state index contributed by atoms with van der Waals surface area (Å²) in [6.45, 7) is 6.25. The van der Waals surface area contributed by atoms with Crippen LogP contribution in [0.1, 0.15) is 32.8 Å². The van der Waals surface area contributed by atoms with Gasteiger partial charge < -0.3 is 10.1 Å². The van der Waals surface area contributed by atoms with E-state index < -0.39 is 0 Å². The summed E-state index contributed by atoms with van der Waals surface area (Å²) >= 11 is 0. The Hall–Kier alpha value is -1.51. The summed E-state index contributed by atoms with van der Waals surface area (Å²) in [4.78, 5) is 11.7. The Bertz CT molecular complexity index is 371. The van der Waals surface area contributed by atoms with Crippen LogP contribution in [0.25, 0.3) is 0 Å². The maximum Gasteiger partial charge on any atom is 0.220 e. The van der Waals surface area contributed by atoms with Gasteiger partial charge in [0.15, 0.2) is 0 Å². The van der Waals surface area contributed by atoms with Crippen LogP contribution in [0, 0.1) is 5.92 Å². The minimum Gasteiger partial charge on any atom is -0.497 e. The molecule has 0 radical (unpaired) electrons. The Balaban J connectivity index is 2.37. The highest BCUT2D eigenvalue weighted by Gasteiger charge is 2.10. The number of hydrogen-bond acceptors (Lipinski definition) is 2. The number of methoxy groups -OCH3 is 1. The molecular formula is C15H23NO2. The standard InChI is InChI=1S/C15H23NO2/c1-11(2)12(3)16-15(17)10-7-13-5-8-14(18-4)9-6-13/h5-6,8-9,11-12H,7,10H2,1-4H3,(H,16,17). The molecule has 1 atom stereocenters. The lowest BCUT2D eigenvalue weighted by Crippen LogP contribution is -2.36. The first-order valence-electron chi connectivity index (χ1n) is 6.45. The molecule has 1 aromatic carbocycles. The number of amides is 1. The minimum atomic E-state index is 0.118. The monoisotopic (exact) mass is 249 g/mol. The molecule has 100 valence electrons. The third kappa shape index (κ3) is 4.78. The predicted octanol–water partition coefficient (Wildman–Crippen LogP) is 2.79. The molecule has 1 aromatic rings. The molecule has 0 aliphatic carbocycles. The molecule has 0 bridgehead atoms. The summed E-state index contributed by atoms with van der Waals surface area (Å²) < 4.78 is 5.09. The number of carbonyl (C=O) groups excluding carboxylic acids is 1. The Labute approximate surface area is 110 Å². The van der Waals surface area contributed by atoms with Crippen molar-refractivity contribution in [3.63, 3.8) is 0 Å². The molecule has 0 aliphatic heterocycles. The van der Waals surface area contributed by atoms with Gasteiger partial charge in [-0.15, -0.1) is 0 Å². The van der Waals surface area contributed by atoms with E-state index in [2.05, 4.69) is 19.2 Å². The van der Waals surface area contributed by atoms with Crippen LogP contribution in [0.2, 0.25) is 0 Å². The van der Waals surface area contributed by atoms with E-state index in [1.807, 2.05) is 31.2 Å². The molecule has 0 aromatic heterocycles. The maximum absolute atomic E-state index is 11.7. The number of ether oxygens (including phenoxy) is 1. The number of hydrogen-bond donors (Lipinski definition) is 1. The minimum absolute atomic E-state index is 0.118. The first-order valence-corrected chi connectivity index (χ1v) is 6.45. The zero-order valence-electron chi connectivity index (χ0n) is 11.7. The van der Waals surface area contributed by atoms with Gasteiger partial charge in [-0.2, -0.15) is 0 Å². The van der Waals surface area contributed by atoms with Gasteiger partial charge in [0.1, 0.15) is 5.75 Å². The molecule has 0 saturated carbocycles. The fourth-order valence-electron chi connectivity index (χ4n) is 1.54. The van der Waals surface area contributed by atoms with E-state index in [4.69, 9.17) is 4.74 Å². The average molecular weight is 249 g/mol. The van der Waals surface area contributed by atoms with Gasteiger partial charge >= 0.3 is 0 Å². The summed E-state index contributed by atoms with van der Waals surface area (Å²) in [6.07, 6.45) is 1.30. The van der Waals surface area contributed by atoms with E-state index in [0.29, 0.717) is 12.3 Å². The van der Waals surface area contributed by atoms with Crippen molar-refractivity contribution in [1.29, 1.82) is 0 Å². The quantitative estimate of drug-likeness (QED) is 0.842. The Kier molecular flexibility index (Phi) is 5.69. The van der Waals surface area contributed by atoms with Crippen LogP contribution in [0.4, 0.5) is 0 Å². The fraction of sp³-hybridized carbons (Fsp3) is 0.533. The molecule has 18 heavy (non-hydrogen) atoms. The van der Waals surface area contributed by atoms with Gasteiger partial charge in [-0.1, -0.05) is 26.0 Å². The number of benzene rings is 1. The van der Waals surface area contributed by atoms with Crippen molar-refractivity contribution < 1.29 is 9.53 Å². The number of aryl methyl sites for hydroxylation is 1. The largest absolute Gasteiger partial charge is 0.497 e. The van der Waals surface area contributed by atoms with Gasteiger partial charge in [0.25, 0.3) is 0 Å². The van der Waals surface area contributed by atoms with Gasteiger partial charge in [-0.05, 0) is 37.0 Å². The molecule has 3 heteroatoms. The van der Waals surface area contributed by atoms with Gasteiger partial charge in [-0.3, -0.25) is 4.79 Å². The van der Waals surface area contributed by atoms with E-state index in [1.165, 1.54) is 0 Å². The zero-order valence-corrected chi connectivity index (χ0v) is 11.7. The lowest BCUT2D eigenvalue weighted by atomic mass is 10.1. The fourth-order valence-corrected chi connectivity index (χ4v) is 1.54. The highest BCUT2D eigenvalue weighted by atomic mass is 16.5. The molecule has 0 fully saturated rings. The van der Waals surface area contributed by atoms with Gasteiger partial charge in [0.05, 0.1) is 7.11 Å². The second kappa shape index (κ2) is 7.04. The third-order valence-electron chi connectivity index (χ3n) is 3.19. The van der Waals surface area contributed by atoms with Crippen LogP contribution in [0.15, 0.2) is 24.3 Å². The van der Waals surface area contributed by atoms with Crippen LogP contribution in [-0.2, 0) is 11.2 Å². The lowest BCUT2D eigenvalue weighted by Gasteiger charge is -2.17.